The van der Waals surface area contributed by atoms with Crippen molar-refractivity contribution in [3.8, 4) is 11.5 Å². The van der Waals surface area contributed by atoms with Crippen LogP contribution in [0.3, 0.4) is 0 Å². The van der Waals surface area contributed by atoms with Gasteiger partial charge in [0, 0.05) is 24.6 Å². The predicted octanol–water partition coefficient (Wildman–Crippen LogP) is 4.45. The molecule has 1 saturated heterocycles. The highest BCUT2D eigenvalue weighted by Crippen LogP contribution is 2.24. The second-order valence-corrected chi connectivity index (χ2v) is 6.99. The third-order valence-electron chi connectivity index (χ3n) is 5.10. The highest BCUT2D eigenvalue weighted by Gasteiger charge is 2.26. The zero-order valence-electron chi connectivity index (χ0n) is 16.4. The van der Waals surface area contributed by atoms with E-state index in [1.54, 1.807) is 13.2 Å². The molecule has 0 saturated carbocycles. The Labute approximate surface area is 165 Å². The summed E-state index contributed by atoms with van der Waals surface area (Å²) in [4.78, 5) is 15.1. The van der Waals surface area contributed by atoms with E-state index >= 15 is 0 Å². The Morgan fingerprint density at radius 1 is 1.18 bits per heavy atom. The molecule has 0 radical (unpaired) electrons. The summed E-state index contributed by atoms with van der Waals surface area (Å²) in [6.07, 6.45) is 5.99. The van der Waals surface area contributed by atoms with E-state index in [2.05, 4.69) is 17.1 Å². The van der Waals surface area contributed by atoms with E-state index in [-0.39, 0.29) is 17.5 Å². The molecule has 1 fully saturated rings. The summed E-state index contributed by atoms with van der Waals surface area (Å²) in [6.45, 7) is 2.44. The van der Waals surface area contributed by atoms with E-state index in [1.807, 2.05) is 24.3 Å². The summed E-state index contributed by atoms with van der Waals surface area (Å²) >= 11 is 0. The monoisotopic (exact) mass is 383 g/mol. The third-order valence-corrected chi connectivity index (χ3v) is 5.10. The number of rotatable bonds is 7. The van der Waals surface area contributed by atoms with Gasteiger partial charge in [-0.15, -0.1) is 0 Å². The van der Waals surface area contributed by atoms with Gasteiger partial charge in [-0.25, -0.2) is 4.39 Å². The van der Waals surface area contributed by atoms with Gasteiger partial charge in [-0.3, -0.25) is 9.69 Å². The molecular weight excluding hydrogens is 357 g/mol. The lowest BCUT2D eigenvalue weighted by Crippen LogP contribution is -2.38. The minimum Gasteiger partial charge on any atom is -0.497 e. The van der Waals surface area contributed by atoms with Crippen LogP contribution in [0.2, 0.25) is 0 Å². The van der Waals surface area contributed by atoms with E-state index in [4.69, 9.17) is 9.47 Å². The Balaban J connectivity index is 1.57. The Morgan fingerprint density at radius 2 is 1.96 bits per heavy atom. The molecule has 0 aromatic heterocycles. The highest BCUT2D eigenvalue weighted by atomic mass is 19.1. The summed E-state index contributed by atoms with van der Waals surface area (Å²) in [5, 5.41) is 0. The lowest BCUT2D eigenvalue weighted by molar-refractivity contribution is 0.0831. The van der Waals surface area contributed by atoms with Crippen LogP contribution in [-0.2, 0) is 0 Å². The van der Waals surface area contributed by atoms with Crippen molar-refractivity contribution >= 4 is 11.9 Å². The van der Waals surface area contributed by atoms with Crippen LogP contribution in [0.4, 0.5) is 4.39 Å². The molecule has 28 heavy (non-hydrogen) atoms. The SMILES string of the molecule is COc1ccc(C=CCN2CCCC(C(=O)c3ccc(OC)c(F)c3)C2)cc1. The van der Waals surface area contributed by atoms with Gasteiger partial charge < -0.3 is 9.47 Å². The van der Waals surface area contributed by atoms with Crippen molar-refractivity contribution in [3.05, 3.63) is 65.5 Å². The van der Waals surface area contributed by atoms with Gasteiger partial charge in [-0.1, -0.05) is 24.3 Å². The van der Waals surface area contributed by atoms with Crippen LogP contribution in [-0.4, -0.2) is 44.5 Å². The normalized spacial score (nSPS) is 17.6. The molecule has 0 amide bonds. The fourth-order valence-electron chi connectivity index (χ4n) is 3.54. The van der Waals surface area contributed by atoms with E-state index in [0.717, 1.165) is 37.2 Å². The highest BCUT2D eigenvalue weighted by molar-refractivity contribution is 5.98. The number of halogens is 1. The minimum atomic E-state index is -0.497. The number of piperidine rings is 1. The molecule has 3 rings (SSSR count). The van der Waals surface area contributed by atoms with E-state index in [0.29, 0.717) is 12.1 Å². The number of carbonyl (C=O) groups excluding carboxylic acids is 1. The van der Waals surface area contributed by atoms with Gasteiger partial charge >= 0.3 is 0 Å². The summed E-state index contributed by atoms with van der Waals surface area (Å²) in [7, 11) is 3.07. The quantitative estimate of drug-likeness (QED) is 0.662. The van der Waals surface area contributed by atoms with Gasteiger partial charge in [-0.2, -0.15) is 0 Å². The van der Waals surface area contributed by atoms with Crippen molar-refractivity contribution in [3.63, 3.8) is 0 Å². The molecule has 1 heterocycles. The first kappa shape index (κ1) is 20.1. The second-order valence-electron chi connectivity index (χ2n) is 6.99. The number of carbonyl (C=O) groups is 1. The number of methoxy groups -OCH3 is 2. The van der Waals surface area contributed by atoms with Crippen LogP contribution in [0.15, 0.2) is 48.5 Å². The molecule has 1 atom stereocenters. The Hall–Kier alpha value is -2.66. The summed E-state index contributed by atoms with van der Waals surface area (Å²) in [6, 6.07) is 12.3. The van der Waals surface area contributed by atoms with Crippen molar-refractivity contribution in [1.82, 2.24) is 4.90 Å². The Bertz CT molecular complexity index is 832. The van der Waals surface area contributed by atoms with Gasteiger partial charge in [0.25, 0.3) is 0 Å². The summed E-state index contributed by atoms with van der Waals surface area (Å²) in [5.41, 5.74) is 1.53. The number of Topliss-reactive ketones (excluding diaryl/α,β-unsaturated/α-hetero) is 1. The van der Waals surface area contributed by atoms with Gasteiger partial charge in [0.05, 0.1) is 14.2 Å². The predicted molar refractivity (Wildman–Crippen MR) is 108 cm³/mol. The molecule has 0 spiro atoms. The van der Waals surface area contributed by atoms with Gasteiger partial charge in [0.2, 0.25) is 0 Å². The number of hydrogen-bond acceptors (Lipinski definition) is 4. The van der Waals surface area contributed by atoms with Gasteiger partial charge in [-0.05, 0) is 55.3 Å². The molecule has 148 valence electrons. The fraction of sp³-hybridized carbons (Fsp3) is 0.348. The molecule has 0 bridgehead atoms. The van der Waals surface area contributed by atoms with Crippen LogP contribution in [0.5, 0.6) is 11.5 Å². The molecule has 1 aliphatic heterocycles. The first-order valence-electron chi connectivity index (χ1n) is 9.51. The first-order chi connectivity index (χ1) is 13.6. The van der Waals surface area contributed by atoms with Crippen molar-refractivity contribution in [2.75, 3.05) is 33.9 Å². The lowest BCUT2D eigenvalue weighted by atomic mass is 9.90. The molecule has 2 aromatic rings. The maximum atomic E-state index is 13.9. The van der Waals surface area contributed by atoms with Crippen molar-refractivity contribution in [2.24, 2.45) is 5.92 Å². The van der Waals surface area contributed by atoms with Crippen LogP contribution in [0, 0.1) is 11.7 Å². The van der Waals surface area contributed by atoms with Crippen LogP contribution in [0.25, 0.3) is 6.08 Å². The van der Waals surface area contributed by atoms with Crippen LogP contribution < -0.4 is 9.47 Å². The number of ketones is 1. The molecule has 0 N–H and O–H groups in total. The van der Waals surface area contributed by atoms with E-state index in [9.17, 15) is 9.18 Å². The topological polar surface area (TPSA) is 38.8 Å². The molecule has 1 unspecified atom stereocenters. The summed E-state index contributed by atoms with van der Waals surface area (Å²) < 4.78 is 24.0. The number of likely N-dealkylation sites (tertiary alicyclic amines) is 1. The standard InChI is InChI=1S/C23H26FNO3/c1-27-20-10-7-17(8-11-20)5-3-13-25-14-4-6-19(16-25)23(26)18-9-12-22(28-2)21(24)15-18/h3,5,7-12,15,19H,4,6,13-14,16H2,1-2H3. The fourth-order valence-corrected chi connectivity index (χ4v) is 3.54. The van der Waals surface area contributed by atoms with Crippen molar-refractivity contribution < 1.29 is 18.7 Å². The summed E-state index contributed by atoms with van der Waals surface area (Å²) in [5.74, 6) is 0.403. The van der Waals surface area contributed by atoms with Crippen molar-refractivity contribution in [2.45, 2.75) is 12.8 Å². The molecule has 0 aliphatic carbocycles. The second kappa shape index (κ2) is 9.51. The van der Waals surface area contributed by atoms with Gasteiger partial charge in [0.15, 0.2) is 17.3 Å². The maximum Gasteiger partial charge on any atom is 0.167 e. The largest absolute Gasteiger partial charge is 0.497 e. The molecule has 5 heteroatoms. The van der Waals surface area contributed by atoms with Crippen molar-refractivity contribution in [1.29, 1.82) is 0 Å². The third kappa shape index (κ3) is 4.98. The van der Waals surface area contributed by atoms with Gasteiger partial charge in [0.1, 0.15) is 5.75 Å². The molecule has 1 aliphatic rings. The van der Waals surface area contributed by atoms with E-state index < -0.39 is 5.82 Å². The first-order valence-corrected chi connectivity index (χ1v) is 9.51. The number of benzene rings is 2. The Kier molecular flexibility index (Phi) is 6.82. The molecule has 4 nitrogen and oxygen atoms in total. The smallest absolute Gasteiger partial charge is 0.167 e. The minimum absolute atomic E-state index is 0.00499. The zero-order valence-corrected chi connectivity index (χ0v) is 16.4. The number of hydrogen-bond donors (Lipinski definition) is 0. The lowest BCUT2D eigenvalue weighted by Gasteiger charge is -2.31. The maximum absolute atomic E-state index is 13.9. The number of ether oxygens (including phenoxy) is 2. The average Bonchev–Trinajstić information content (AvgIpc) is 2.74. The molecule has 2 aromatic carbocycles. The van der Waals surface area contributed by atoms with Crippen LogP contribution >= 0.6 is 0 Å². The zero-order chi connectivity index (χ0) is 19.9. The number of nitrogens with zero attached hydrogens (tertiary/aromatic N) is 1. The van der Waals surface area contributed by atoms with E-state index in [1.165, 1.54) is 19.2 Å². The Morgan fingerprint density at radius 3 is 2.64 bits per heavy atom. The van der Waals surface area contributed by atoms with Crippen LogP contribution in [0.1, 0.15) is 28.8 Å². The molecular formula is C23H26FNO3. The average molecular weight is 383 g/mol.